The van der Waals surface area contributed by atoms with Gasteiger partial charge in [0.2, 0.25) is 0 Å². The summed E-state index contributed by atoms with van der Waals surface area (Å²) in [6.07, 6.45) is -4.77. The van der Waals surface area contributed by atoms with Gasteiger partial charge in [-0.1, -0.05) is 30.3 Å². The van der Waals surface area contributed by atoms with Crippen LogP contribution in [-0.4, -0.2) is 37.8 Å². The van der Waals surface area contributed by atoms with Crippen LogP contribution in [-0.2, 0) is 16.1 Å². The largest absolute Gasteiger partial charge is 0.573 e. The quantitative estimate of drug-likeness (QED) is 0.621. The van der Waals surface area contributed by atoms with Crippen molar-refractivity contribution in [3.8, 4) is 5.75 Å². The van der Waals surface area contributed by atoms with Crippen molar-refractivity contribution in [2.75, 3.05) is 18.9 Å². The van der Waals surface area contributed by atoms with Crippen molar-refractivity contribution in [1.82, 2.24) is 5.32 Å². The zero-order chi connectivity index (χ0) is 21.4. The van der Waals surface area contributed by atoms with Crippen molar-refractivity contribution >= 4 is 17.5 Å². The van der Waals surface area contributed by atoms with E-state index in [0.717, 1.165) is 17.7 Å². The molecule has 29 heavy (non-hydrogen) atoms. The minimum absolute atomic E-state index is 0.0146. The average Bonchev–Trinajstić information content (AvgIpc) is 2.66. The van der Waals surface area contributed by atoms with Gasteiger partial charge in [0, 0.05) is 12.2 Å². The molecule has 2 aromatic rings. The van der Waals surface area contributed by atoms with Crippen molar-refractivity contribution in [3.05, 3.63) is 60.2 Å². The third-order valence-electron chi connectivity index (χ3n) is 4.25. The van der Waals surface area contributed by atoms with Crippen LogP contribution in [0.15, 0.2) is 54.6 Å². The molecule has 0 bridgehead atoms. The number of carbonyl (C=O) groups is 2. The van der Waals surface area contributed by atoms with E-state index in [-0.39, 0.29) is 24.1 Å². The highest BCUT2D eigenvalue weighted by Crippen LogP contribution is 2.23. The summed E-state index contributed by atoms with van der Waals surface area (Å²) in [4.78, 5) is 25.1. The summed E-state index contributed by atoms with van der Waals surface area (Å²) in [6, 6.07) is 13.8. The Labute approximate surface area is 166 Å². The number of quaternary nitrogens is 1. The van der Waals surface area contributed by atoms with Gasteiger partial charge in [0.1, 0.15) is 5.75 Å². The zero-order valence-corrected chi connectivity index (χ0v) is 16.0. The first-order valence-corrected chi connectivity index (χ1v) is 8.93. The number of likely N-dealkylation sites (N-methyl/N-ethyl adjacent to an activating group) is 1. The number of nitrogens with one attached hydrogen (secondary N) is 3. The first kappa shape index (κ1) is 22.2. The summed E-state index contributed by atoms with van der Waals surface area (Å²) < 4.78 is 40.3. The van der Waals surface area contributed by atoms with Crippen LogP contribution >= 0.6 is 0 Å². The van der Waals surface area contributed by atoms with E-state index in [4.69, 9.17) is 0 Å². The smallest absolute Gasteiger partial charge is 0.406 e. The first-order chi connectivity index (χ1) is 13.6. The Morgan fingerprint density at radius 3 is 2.28 bits per heavy atom. The SMILES string of the molecule is C[C@H](C(=O)NCc1ccccc1)[NH+](C)CC(=O)Nc1ccc(OC(F)(F)F)cc1. The molecule has 2 aromatic carbocycles. The monoisotopic (exact) mass is 410 g/mol. The average molecular weight is 410 g/mol. The number of carbonyl (C=O) groups excluding carboxylic acids is 2. The van der Waals surface area contributed by atoms with E-state index in [9.17, 15) is 22.8 Å². The predicted molar refractivity (Wildman–Crippen MR) is 101 cm³/mol. The fourth-order valence-electron chi connectivity index (χ4n) is 2.51. The molecule has 156 valence electrons. The summed E-state index contributed by atoms with van der Waals surface area (Å²) >= 11 is 0. The minimum Gasteiger partial charge on any atom is -0.406 e. The normalized spacial score (nSPS) is 13.3. The zero-order valence-electron chi connectivity index (χ0n) is 16.0. The molecule has 0 aliphatic rings. The summed E-state index contributed by atoms with van der Waals surface area (Å²) in [5.74, 6) is -0.926. The second-order valence-corrected chi connectivity index (χ2v) is 6.57. The van der Waals surface area contributed by atoms with Crippen LogP contribution in [0.5, 0.6) is 5.75 Å². The van der Waals surface area contributed by atoms with Gasteiger partial charge in [-0.05, 0) is 36.8 Å². The molecule has 2 rings (SSSR count). The molecule has 2 atom stereocenters. The highest BCUT2D eigenvalue weighted by molar-refractivity contribution is 5.91. The molecule has 3 N–H and O–H groups in total. The van der Waals surface area contributed by atoms with E-state index in [0.29, 0.717) is 17.1 Å². The standard InChI is InChI=1S/C20H22F3N3O3/c1-14(19(28)24-12-15-6-4-3-5-7-15)26(2)13-18(27)25-16-8-10-17(11-9-16)29-20(21,22)23/h3-11,14H,12-13H2,1-2H3,(H,24,28)(H,25,27)/p+1/t14-/m1/s1. The van der Waals surface area contributed by atoms with E-state index >= 15 is 0 Å². The number of alkyl halides is 3. The molecule has 0 aliphatic heterocycles. The van der Waals surface area contributed by atoms with Crippen LogP contribution in [0.4, 0.5) is 18.9 Å². The first-order valence-electron chi connectivity index (χ1n) is 8.93. The number of halogens is 3. The summed E-state index contributed by atoms with van der Waals surface area (Å²) in [5.41, 5.74) is 1.31. The Balaban J connectivity index is 1.80. The van der Waals surface area contributed by atoms with Gasteiger partial charge in [0.25, 0.3) is 11.8 Å². The van der Waals surface area contributed by atoms with E-state index in [1.54, 1.807) is 14.0 Å². The molecule has 6 nitrogen and oxygen atoms in total. The van der Waals surface area contributed by atoms with Gasteiger partial charge in [-0.15, -0.1) is 13.2 Å². The lowest BCUT2D eigenvalue weighted by Gasteiger charge is -2.20. The Hall–Kier alpha value is -3.07. The molecule has 0 saturated carbocycles. The van der Waals surface area contributed by atoms with Crippen LogP contribution in [0.1, 0.15) is 12.5 Å². The van der Waals surface area contributed by atoms with Gasteiger partial charge in [-0.2, -0.15) is 0 Å². The number of anilines is 1. The highest BCUT2D eigenvalue weighted by Gasteiger charge is 2.31. The van der Waals surface area contributed by atoms with Gasteiger partial charge in [-0.25, -0.2) is 0 Å². The summed E-state index contributed by atoms with van der Waals surface area (Å²) in [7, 11) is 1.71. The van der Waals surface area contributed by atoms with Crippen LogP contribution in [0.2, 0.25) is 0 Å². The lowest BCUT2D eigenvalue weighted by molar-refractivity contribution is -0.885. The Morgan fingerprint density at radius 2 is 1.69 bits per heavy atom. The van der Waals surface area contributed by atoms with Crippen molar-refractivity contribution in [2.24, 2.45) is 0 Å². The third-order valence-corrected chi connectivity index (χ3v) is 4.25. The van der Waals surface area contributed by atoms with Crippen LogP contribution in [0.3, 0.4) is 0 Å². The van der Waals surface area contributed by atoms with Gasteiger partial charge in [0.15, 0.2) is 12.6 Å². The molecule has 9 heteroatoms. The van der Waals surface area contributed by atoms with Gasteiger partial charge < -0.3 is 20.3 Å². The second-order valence-electron chi connectivity index (χ2n) is 6.57. The molecular weight excluding hydrogens is 387 g/mol. The van der Waals surface area contributed by atoms with E-state index < -0.39 is 12.4 Å². The van der Waals surface area contributed by atoms with Crippen molar-refractivity contribution in [3.63, 3.8) is 0 Å². The number of benzene rings is 2. The molecule has 0 heterocycles. The highest BCUT2D eigenvalue weighted by atomic mass is 19.4. The lowest BCUT2D eigenvalue weighted by atomic mass is 10.2. The molecule has 0 fully saturated rings. The predicted octanol–water partition coefficient (Wildman–Crippen LogP) is 1.74. The maximum atomic E-state index is 12.3. The number of ether oxygens (including phenoxy) is 1. The van der Waals surface area contributed by atoms with Crippen molar-refractivity contribution in [2.45, 2.75) is 25.9 Å². The number of rotatable bonds is 8. The van der Waals surface area contributed by atoms with Gasteiger partial charge >= 0.3 is 6.36 Å². The molecule has 0 aromatic heterocycles. The maximum Gasteiger partial charge on any atom is 0.573 e. The molecule has 2 amide bonds. The molecular formula is C20H23F3N3O3+. The molecule has 0 saturated heterocycles. The Bertz CT molecular complexity index is 811. The fraction of sp³-hybridized carbons (Fsp3) is 0.300. The fourth-order valence-corrected chi connectivity index (χ4v) is 2.51. The van der Waals surface area contributed by atoms with Crippen molar-refractivity contribution in [1.29, 1.82) is 0 Å². The molecule has 0 spiro atoms. The van der Waals surface area contributed by atoms with Crippen LogP contribution in [0.25, 0.3) is 0 Å². The van der Waals surface area contributed by atoms with Crippen LogP contribution in [0, 0.1) is 0 Å². The molecule has 0 aliphatic carbocycles. The maximum absolute atomic E-state index is 12.3. The third kappa shape index (κ3) is 7.82. The minimum atomic E-state index is -4.77. The Morgan fingerprint density at radius 1 is 1.07 bits per heavy atom. The van der Waals surface area contributed by atoms with Gasteiger partial charge in [0.05, 0.1) is 7.05 Å². The van der Waals surface area contributed by atoms with Crippen LogP contribution < -0.4 is 20.3 Å². The summed E-state index contributed by atoms with van der Waals surface area (Å²) in [6.45, 7) is 2.13. The van der Waals surface area contributed by atoms with E-state index in [1.165, 1.54) is 12.1 Å². The Kier molecular flexibility index (Phi) is 7.60. The van der Waals surface area contributed by atoms with E-state index in [1.807, 2.05) is 30.3 Å². The lowest BCUT2D eigenvalue weighted by Crippen LogP contribution is -3.15. The molecule has 1 unspecified atom stereocenters. The molecule has 0 radical (unpaired) electrons. The second kappa shape index (κ2) is 9.92. The summed E-state index contributed by atoms with van der Waals surface area (Å²) in [5, 5.41) is 5.42. The number of hydrogen-bond acceptors (Lipinski definition) is 3. The number of hydrogen-bond donors (Lipinski definition) is 3. The number of amides is 2. The van der Waals surface area contributed by atoms with Gasteiger partial charge in [-0.3, -0.25) is 9.59 Å². The van der Waals surface area contributed by atoms with E-state index in [2.05, 4.69) is 15.4 Å². The topological polar surface area (TPSA) is 71.9 Å². The van der Waals surface area contributed by atoms with Crippen molar-refractivity contribution < 1.29 is 32.4 Å².